The maximum Gasteiger partial charge on any atom is 0.258 e. The number of amides is 1. The van der Waals surface area contributed by atoms with Crippen LogP contribution in [0, 0.1) is 5.21 Å². The molecule has 2 aromatic carbocycles. The van der Waals surface area contributed by atoms with Gasteiger partial charge in [0.25, 0.3) is 5.91 Å². The van der Waals surface area contributed by atoms with E-state index in [0.717, 1.165) is 87.1 Å². The summed E-state index contributed by atoms with van der Waals surface area (Å²) in [4.78, 5) is 18.0. The maximum absolute atomic E-state index is 13.2. The summed E-state index contributed by atoms with van der Waals surface area (Å²) in [5, 5.41) is 22.5. The van der Waals surface area contributed by atoms with Gasteiger partial charge in [0.15, 0.2) is 0 Å². The summed E-state index contributed by atoms with van der Waals surface area (Å²) in [5.74, 6) is 0.296. The van der Waals surface area contributed by atoms with E-state index in [1.54, 1.807) is 18.5 Å². The number of quaternary nitrogens is 1. The van der Waals surface area contributed by atoms with Gasteiger partial charge in [-0.3, -0.25) is 19.8 Å². The first-order chi connectivity index (χ1) is 18.6. The Morgan fingerprint density at radius 3 is 2.58 bits per heavy atom. The SMILES string of the molecule is O=C(Nc1nc(CCCCCC[N+]2([O-])CCCCC2)cn1-c1ccccc1)c1cccc(-c2cn[nH]c2)c1. The van der Waals surface area contributed by atoms with Crippen LogP contribution in [0.15, 0.2) is 73.2 Å². The number of imidazole rings is 1. The van der Waals surface area contributed by atoms with Crippen LogP contribution in [0.1, 0.15) is 61.0 Å². The van der Waals surface area contributed by atoms with Crippen LogP contribution < -0.4 is 5.32 Å². The molecular formula is C30H36N6O2. The van der Waals surface area contributed by atoms with Crippen molar-refractivity contribution in [2.24, 2.45) is 0 Å². The van der Waals surface area contributed by atoms with Crippen molar-refractivity contribution in [2.75, 3.05) is 25.0 Å². The summed E-state index contributed by atoms with van der Waals surface area (Å²) < 4.78 is 1.95. The number of aromatic amines is 1. The van der Waals surface area contributed by atoms with Gasteiger partial charge in [-0.25, -0.2) is 4.98 Å². The molecule has 0 saturated carbocycles. The van der Waals surface area contributed by atoms with Gasteiger partial charge in [-0.1, -0.05) is 36.8 Å². The number of hydroxylamine groups is 3. The number of aryl methyl sites for hydroxylation is 1. The lowest BCUT2D eigenvalue weighted by Crippen LogP contribution is -2.46. The number of rotatable bonds is 11. The molecule has 1 fully saturated rings. The highest BCUT2D eigenvalue weighted by Crippen LogP contribution is 2.23. The van der Waals surface area contributed by atoms with Gasteiger partial charge < -0.3 is 9.85 Å². The van der Waals surface area contributed by atoms with E-state index in [1.807, 2.05) is 59.3 Å². The van der Waals surface area contributed by atoms with Gasteiger partial charge >= 0.3 is 0 Å². The van der Waals surface area contributed by atoms with E-state index in [4.69, 9.17) is 4.98 Å². The number of anilines is 1. The number of H-pyrrole nitrogens is 1. The highest BCUT2D eigenvalue weighted by atomic mass is 16.5. The average Bonchev–Trinajstić information content (AvgIpc) is 3.62. The summed E-state index contributed by atoms with van der Waals surface area (Å²) in [6.45, 7) is 2.33. The molecular weight excluding hydrogens is 476 g/mol. The van der Waals surface area contributed by atoms with E-state index in [2.05, 4.69) is 15.5 Å². The Morgan fingerprint density at radius 2 is 1.79 bits per heavy atom. The topological polar surface area (TPSA) is 98.7 Å². The molecule has 0 atom stereocenters. The van der Waals surface area contributed by atoms with Crippen LogP contribution in [0.4, 0.5) is 5.95 Å². The molecule has 5 rings (SSSR count). The zero-order chi connectivity index (χ0) is 26.2. The van der Waals surface area contributed by atoms with Crippen LogP contribution in [-0.2, 0) is 6.42 Å². The molecule has 0 aliphatic carbocycles. The Labute approximate surface area is 223 Å². The number of nitrogens with one attached hydrogen (secondary N) is 2. The standard InChI is InChI=1S/C30H36N6O2/c37-29(25-13-11-12-24(20-25)26-21-31-32-22-26)34-30-33-27(23-35(30)28-15-6-3-7-16-28)14-5-1-2-8-17-36(38)18-9-4-10-19-36/h3,6-7,11-13,15-16,20-23H,1-2,4-5,8-10,14,17-19H2,(H,31,32)(H,33,34,37). The van der Waals surface area contributed by atoms with E-state index in [-0.39, 0.29) is 10.6 Å². The number of para-hydroxylation sites is 1. The van der Waals surface area contributed by atoms with Crippen LogP contribution in [0.25, 0.3) is 16.8 Å². The first kappa shape index (κ1) is 25.9. The van der Waals surface area contributed by atoms with E-state index in [0.29, 0.717) is 11.5 Å². The molecule has 2 N–H and O–H groups in total. The first-order valence-corrected chi connectivity index (χ1v) is 13.7. The number of benzene rings is 2. The van der Waals surface area contributed by atoms with Crippen molar-refractivity contribution in [1.82, 2.24) is 19.7 Å². The predicted molar refractivity (Wildman–Crippen MR) is 150 cm³/mol. The first-order valence-electron chi connectivity index (χ1n) is 13.7. The number of piperidine rings is 1. The van der Waals surface area contributed by atoms with Gasteiger partial charge in [0.1, 0.15) is 0 Å². The van der Waals surface area contributed by atoms with Gasteiger partial charge in [0.2, 0.25) is 5.95 Å². The van der Waals surface area contributed by atoms with E-state index >= 15 is 0 Å². The lowest BCUT2D eigenvalue weighted by atomic mass is 10.1. The number of likely N-dealkylation sites (tertiary alicyclic amines) is 1. The fourth-order valence-corrected chi connectivity index (χ4v) is 5.22. The maximum atomic E-state index is 13.2. The highest BCUT2D eigenvalue weighted by molar-refractivity contribution is 6.04. The number of hydrogen-bond acceptors (Lipinski definition) is 4. The predicted octanol–water partition coefficient (Wildman–Crippen LogP) is 6.12. The monoisotopic (exact) mass is 512 g/mol. The molecule has 2 aromatic heterocycles. The number of hydrogen-bond donors (Lipinski definition) is 2. The van der Waals surface area contributed by atoms with Crippen LogP contribution in [0.5, 0.6) is 0 Å². The zero-order valence-electron chi connectivity index (χ0n) is 21.8. The van der Waals surface area contributed by atoms with E-state index < -0.39 is 0 Å². The summed E-state index contributed by atoms with van der Waals surface area (Å²) in [5.41, 5.74) is 4.29. The second-order valence-electron chi connectivity index (χ2n) is 10.2. The van der Waals surface area contributed by atoms with Crippen molar-refractivity contribution in [3.63, 3.8) is 0 Å². The smallest absolute Gasteiger partial charge is 0.258 e. The fraction of sp³-hybridized carbons (Fsp3) is 0.367. The fourth-order valence-electron chi connectivity index (χ4n) is 5.22. The molecule has 0 unspecified atom stereocenters. The van der Waals surface area contributed by atoms with Crippen molar-refractivity contribution in [2.45, 2.75) is 51.4 Å². The second kappa shape index (κ2) is 12.2. The number of carbonyl (C=O) groups excluding carboxylic acids is 1. The normalized spacial score (nSPS) is 14.9. The third-order valence-corrected chi connectivity index (χ3v) is 7.35. The third kappa shape index (κ3) is 6.57. The molecule has 1 aliphatic heterocycles. The van der Waals surface area contributed by atoms with Crippen molar-refractivity contribution in [3.05, 3.63) is 89.7 Å². The lowest BCUT2D eigenvalue weighted by molar-refractivity contribution is -0.885. The number of unbranched alkanes of at least 4 members (excludes halogenated alkanes) is 3. The van der Waals surface area contributed by atoms with Gasteiger partial charge in [0.05, 0.1) is 31.5 Å². The minimum Gasteiger partial charge on any atom is -0.633 e. The summed E-state index contributed by atoms with van der Waals surface area (Å²) in [6, 6.07) is 17.4. The van der Waals surface area contributed by atoms with Crippen molar-refractivity contribution >= 4 is 11.9 Å². The second-order valence-corrected chi connectivity index (χ2v) is 10.2. The van der Waals surface area contributed by atoms with E-state index in [9.17, 15) is 10.0 Å². The molecule has 1 saturated heterocycles. The Kier molecular flexibility index (Phi) is 8.31. The number of aromatic nitrogens is 4. The van der Waals surface area contributed by atoms with Crippen LogP contribution in [0.2, 0.25) is 0 Å². The minimum absolute atomic E-state index is 0.00945. The molecule has 3 heterocycles. The van der Waals surface area contributed by atoms with Gasteiger partial charge in [-0.15, -0.1) is 0 Å². The summed E-state index contributed by atoms with van der Waals surface area (Å²) in [6.07, 6.45) is 13.9. The molecule has 0 radical (unpaired) electrons. The largest absolute Gasteiger partial charge is 0.633 e. The third-order valence-electron chi connectivity index (χ3n) is 7.35. The molecule has 4 aromatic rings. The van der Waals surface area contributed by atoms with Crippen LogP contribution in [0.3, 0.4) is 0 Å². The summed E-state index contributed by atoms with van der Waals surface area (Å²) in [7, 11) is 0. The van der Waals surface area contributed by atoms with Crippen molar-refractivity contribution in [1.29, 1.82) is 0 Å². The molecule has 8 heteroatoms. The quantitative estimate of drug-likeness (QED) is 0.144. The van der Waals surface area contributed by atoms with Crippen molar-refractivity contribution < 1.29 is 9.44 Å². The lowest BCUT2D eigenvalue weighted by Gasteiger charge is -2.45. The molecule has 1 aliphatic rings. The molecule has 8 nitrogen and oxygen atoms in total. The van der Waals surface area contributed by atoms with Crippen LogP contribution >= 0.6 is 0 Å². The highest BCUT2D eigenvalue weighted by Gasteiger charge is 2.20. The van der Waals surface area contributed by atoms with Crippen molar-refractivity contribution in [3.8, 4) is 16.8 Å². The molecule has 0 spiro atoms. The Bertz CT molecular complexity index is 1310. The van der Waals surface area contributed by atoms with Crippen LogP contribution in [-0.4, -0.2) is 49.9 Å². The Hall–Kier alpha value is -3.75. The molecule has 38 heavy (non-hydrogen) atoms. The Morgan fingerprint density at radius 1 is 0.974 bits per heavy atom. The van der Waals surface area contributed by atoms with Gasteiger partial charge in [-0.05, 0) is 74.8 Å². The van der Waals surface area contributed by atoms with E-state index in [1.165, 1.54) is 6.42 Å². The Balaban J connectivity index is 1.22. The van der Waals surface area contributed by atoms with Gasteiger partial charge in [0, 0.05) is 29.2 Å². The number of nitrogens with zero attached hydrogens (tertiary/aromatic N) is 4. The molecule has 198 valence electrons. The zero-order valence-corrected chi connectivity index (χ0v) is 21.8. The molecule has 0 bridgehead atoms. The minimum atomic E-state index is -0.211. The summed E-state index contributed by atoms with van der Waals surface area (Å²) >= 11 is 0. The molecule has 1 amide bonds. The van der Waals surface area contributed by atoms with Gasteiger partial charge in [-0.2, -0.15) is 5.10 Å². The number of carbonyl (C=O) groups is 1. The average molecular weight is 513 g/mol.